The van der Waals surface area contributed by atoms with Crippen molar-refractivity contribution in [1.82, 2.24) is 14.5 Å². The van der Waals surface area contributed by atoms with E-state index in [1.54, 1.807) is 24.9 Å². The summed E-state index contributed by atoms with van der Waals surface area (Å²) in [7, 11) is -2.42. The molecule has 2 N–H and O–H groups in total. The zero-order valence-electron chi connectivity index (χ0n) is 30.3. The molecule has 0 amide bonds. The van der Waals surface area contributed by atoms with Crippen molar-refractivity contribution in [2.24, 2.45) is 0 Å². The highest BCUT2D eigenvalue weighted by atomic mass is 31.1. The van der Waals surface area contributed by atoms with E-state index in [0.29, 0.717) is 17.0 Å². The van der Waals surface area contributed by atoms with Crippen LogP contribution in [-0.2, 0) is 28.6 Å². The first-order chi connectivity index (χ1) is 24.8. The minimum atomic E-state index is -3.09. The second-order valence-electron chi connectivity index (χ2n) is 14.2. The number of pyridine rings is 1. The molecule has 0 radical (unpaired) electrons. The van der Waals surface area contributed by atoms with E-state index in [0.717, 1.165) is 16.7 Å². The molecule has 3 heterocycles. The maximum Gasteiger partial charge on any atom is 0.695 e. The molecule has 0 bridgehead atoms. The number of H-pyrrole nitrogens is 1. The van der Waals surface area contributed by atoms with Gasteiger partial charge in [-0.25, -0.2) is 4.98 Å². The average molecular weight is 747 g/mol. The highest BCUT2D eigenvalue weighted by Gasteiger charge is 2.55. The predicted molar refractivity (Wildman–Crippen MR) is 199 cm³/mol. The van der Waals surface area contributed by atoms with Gasteiger partial charge in [0.15, 0.2) is 26.2 Å². The zero-order valence-corrected chi connectivity index (χ0v) is 32.2. The van der Waals surface area contributed by atoms with Crippen LogP contribution in [0.5, 0.6) is 11.5 Å². The monoisotopic (exact) mass is 746 g/mol. The molecule has 6 rings (SSSR count). The van der Waals surface area contributed by atoms with Gasteiger partial charge in [0, 0.05) is 10.8 Å². The van der Waals surface area contributed by atoms with Crippen LogP contribution in [-0.4, -0.2) is 66.9 Å². The van der Waals surface area contributed by atoms with Gasteiger partial charge < -0.3 is 32.9 Å². The van der Waals surface area contributed by atoms with Crippen molar-refractivity contribution in [3.63, 3.8) is 0 Å². The van der Waals surface area contributed by atoms with Gasteiger partial charge in [-0.2, -0.15) is 0 Å². The molecule has 0 spiro atoms. The summed E-state index contributed by atoms with van der Waals surface area (Å²) in [4.78, 5) is 29.8. The van der Waals surface area contributed by atoms with Crippen LogP contribution in [0.3, 0.4) is 0 Å². The van der Waals surface area contributed by atoms with Crippen LogP contribution >= 0.6 is 8.25 Å². The Kier molecular flexibility index (Phi) is 10.9. The third-order valence-corrected chi connectivity index (χ3v) is 15.0. The number of benzene rings is 3. The highest BCUT2D eigenvalue weighted by molar-refractivity contribution is 7.32. The summed E-state index contributed by atoms with van der Waals surface area (Å²) in [5.74, 6) is 1.38. The number of fused-ring (bicyclic) bond motifs is 1. The van der Waals surface area contributed by atoms with Crippen LogP contribution in [0.4, 0.5) is 0 Å². The first kappa shape index (κ1) is 37.6. The van der Waals surface area contributed by atoms with Crippen LogP contribution in [0, 0.1) is 0 Å². The van der Waals surface area contributed by atoms with E-state index in [9.17, 15) is 14.3 Å². The van der Waals surface area contributed by atoms with Crippen molar-refractivity contribution >= 4 is 27.6 Å². The number of methoxy groups -OCH3 is 2. The first-order valence-corrected chi connectivity index (χ1v) is 21.0. The molecule has 52 heavy (non-hydrogen) atoms. The van der Waals surface area contributed by atoms with E-state index in [2.05, 4.69) is 43.8 Å². The SMILES string of the molecule is COc1ccc(C(OC[C@H]2O[C@@H](n3cnc4c(=O)[nH]ccc43)[C@H](O[P+](=O)O)[C@@H]2O[Si](C)(C)C(C)(C)C)(c2ccccc2)c2ccc(OC)cc2)cc1. The number of hydrogen-bond donors (Lipinski definition) is 2. The Hall–Kier alpha value is -4.20. The molecule has 14 heteroatoms. The Morgan fingerprint density at radius 2 is 1.46 bits per heavy atom. The molecule has 0 aliphatic carbocycles. The smallest absolute Gasteiger partial charge is 0.497 e. The number of aromatic nitrogens is 3. The lowest BCUT2D eigenvalue weighted by atomic mass is 9.80. The molecule has 0 saturated carbocycles. The fourth-order valence-corrected chi connectivity index (χ4v) is 8.15. The third kappa shape index (κ3) is 7.22. The number of ether oxygens (including phenoxy) is 4. The Balaban J connectivity index is 1.50. The lowest BCUT2D eigenvalue weighted by Crippen LogP contribution is -2.50. The lowest BCUT2D eigenvalue weighted by molar-refractivity contribution is -0.0926. The standard InChI is InChI=1S/C38H44N3O9PSi/c1-37(2,3)52(6,7)50-33-31(48-36(34(33)49-51(43)44)41-24-40-32-30(41)21-22-39-35(32)42)23-47-38(25-11-9-8-10-12-25,26-13-17-28(45-4)18-14-26)27-15-19-29(46-5)20-16-27/h8-22,24,31,33-34,36H,23H2,1-7H3,(H-,39,42,43,44)/p+1/t31-,33-,34-,36-/m1/s1. The van der Waals surface area contributed by atoms with Crippen LogP contribution in [0.2, 0.25) is 18.1 Å². The normalized spacial score (nSPS) is 19.9. The van der Waals surface area contributed by atoms with Crippen LogP contribution in [0.25, 0.3) is 11.0 Å². The molecule has 1 aliphatic rings. The van der Waals surface area contributed by atoms with E-state index in [1.165, 1.54) is 12.5 Å². The second kappa shape index (κ2) is 15.0. The van der Waals surface area contributed by atoms with E-state index in [1.807, 2.05) is 78.9 Å². The Morgan fingerprint density at radius 1 is 0.885 bits per heavy atom. The largest absolute Gasteiger partial charge is 0.695 e. The average Bonchev–Trinajstić information content (AvgIpc) is 3.70. The molecule has 274 valence electrons. The zero-order chi connectivity index (χ0) is 37.3. The fraction of sp³-hybridized carbons (Fsp3) is 0.368. The summed E-state index contributed by atoms with van der Waals surface area (Å²) in [5.41, 5.74) is 1.63. The van der Waals surface area contributed by atoms with Gasteiger partial charge in [0.25, 0.3) is 5.56 Å². The van der Waals surface area contributed by atoms with Crippen molar-refractivity contribution < 1.29 is 37.4 Å². The molecule has 1 aliphatic heterocycles. The number of aromatic amines is 1. The molecule has 2 aromatic heterocycles. The van der Waals surface area contributed by atoms with Crippen molar-refractivity contribution in [2.45, 2.75) is 69.0 Å². The molecule has 3 aromatic carbocycles. The van der Waals surface area contributed by atoms with Crippen LogP contribution < -0.4 is 15.0 Å². The molecule has 5 atom stereocenters. The van der Waals surface area contributed by atoms with Gasteiger partial charge in [0.2, 0.25) is 0 Å². The van der Waals surface area contributed by atoms with Crippen molar-refractivity contribution in [3.05, 3.63) is 124 Å². The minimum Gasteiger partial charge on any atom is -0.497 e. The summed E-state index contributed by atoms with van der Waals surface area (Å²) in [5, 5.41) is -0.225. The van der Waals surface area contributed by atoms with Gasteiger partial charge in [0.05, 0.1) is 32.7 Å². The van der Waals surface area contributed by atoms with E-state index >= 15 is 0 Å². The summed E-state index contributed by atoms with van der Waals surface area (Å²) < 4.78 is 52.0. The molecule has 1 unspecified atom stereocenters. The van der Waals surface area contributed by atoms with Gasteiger partial charge in [-0.15, -0.1) is 9.42 Å². The van der Waals surface area contributed by atoms with Gasteiger partial charge in [0.1, 0.15) is 29.3 Å². The van der Waals surface area contributed by atoms with Gasteiger partial charge in [-0.1, -0.05) is 75.4 Å². The quantitative estimate of drug-likeness (QED) is 0.0730. The number of nitrogens with zero attached hydrogens (tertiary/aromatic N) is 2. The molecular weight excluding hydrogens is 701 g/mol. The van der Waals surface area contributed by atoms with Gasteiger partial charge in [-0.3, -0.25) is 4.79 Å². The Labute approximate surface area is 304 Å². The third-order valence-electron chi connectivity index (χ3n) is 10.1. The highest BCUT2D eigenvalue weighted by Crippen LogP contribution is 2.47. The Morgan fingerprint density at radius 3 is 2.00 bits per heavy atom. The topological polar surface area (TPSA) is 143 Å². The summed E-state index contributed by atoms with van der Waals surface area (Å²) in [6.45, 7) is 10.5. The molecule has 12 nitrogen and oxygen atoms in total. The maximum absolute atomic E-state index is 12.6. The molecule has 1 fully saturated rings. The van der Waals surface area contributed by atoms with E-state index in [-0.39, 0.29) is 22.7 Å². The number of rotatable bonds is 13. The van der Waals surface area contributed by atoms with Gasteiger partial charge >= 0.3 is 8.25 Å². The van der Waals surface area contributed by atoms with Crippen LogP contribution in [0.1, 0.15) is 43.7 Å². The summed E-state index contributed by atoms with van der Waals surface area (Å²) in [6, 6.07) is 27.0. The summed E-state index contributed by atoms with van der Waals surface area (Å²) >= 11 is 0. The summed E-state index contributed by atoms with van der Waals surface area (Å²) in [6.07, 6.45) is -0.728. The molecular formula is C38H45N3O9PSi+. The first-order valence-electron chi connectivity index (χ1n) is 17.0. The molecule has 5 aromatic rings. The number of nitrogens with one attached hydrogen (secondary N) is 1. The van der Waals surface area contributed by atoms with Crippen molar-refractivity contribution in [2.75, 3.05) is 20.8 Å². The predicted octanol–water partition coefficient (Wildman–Crippen LogP) is 7.07. The van der Waals surface area contributed by atoms with Crippen LogP contribution in [0.15, 0.2) is 102 Å². The second-order valence-corrected chi connectivity index (χ2v) is 19.7. The molecule has 1 saturated heterocycles. The number of hydrogen-bond acceptors (Lipinski definition) is 9. The lowest BCUT2D eigenvalue weighted by Gasteiger charge is -2.41. The minimum absolute atomic E-state index is 0.0297. The fourth-order valence-electron chi connectivity index (χ4n) is 6.40. The maximum atomic E-state index is 12.6. The van der Waals surface area contributed by atoms with Crippen molar-refractivity contribution in [1.29, 1.82) is 0 Å². The number of imidazole rings is 1. The van der Waals surface area contributed by atoms with Crippen molar-refractivity contribution in [3.8, 4) is 11.5 Å². The van der Waals surface area contributed by atoms with E-state index < -0.39 is 46.7 Å². The Bertz CT molecular complexity index is 2000. The van der Waals surface area contributed by atoms with Gasteiger partial charge in [-0.05, 0) is 65.2 Å². The van der Waals surface area contributed by atoms with E-state index in [4.69, 9.17) is 27.9 Å².